The largest absolute Gasteiger partial charge is 0.323 e. The first kappa shape index (κ1) is 6.70. The lowest BCUT2D eigenvalue weighted by Crippen LogP contribution is -2.11. The Hall–Kier alpha value is -0.990. The van der Waals surface area contributed by atoms with Crippen molar-refractivity contribution in [1.82, 2.24) is 9.97 Å². The van der Waals surface area contributed by atoms with E-state index in [0.29, 0.717) is 5.92 Å². The first-order chi connectivity index (χ1) is 5.27. The van der Waals surface area contributed by atoms with Gasteiger partial charge in [-0.25, -0.2) is 4.79 Å². The lowest BCUT2D eigenvalue weighted by atomic mass is 9.82. The molecule has 2 N–H and O–H groups in total. The zero-order valence-corrected chi connectivity index (χ0v) is 6.61. The maximum absolute atomic E-state index is 10.8. The zero-order valence-electron chi connectivity index (χ0n) is 6.61. The monoisotopic (exact) mass is 152 g/mol. The minimum atomic E-state index is -0.0654. The molecular formula is C8H12N2O. The van der Waals surface area contributed by atoms with Crippen LogP contribution in [0.2, 0.25) is 0 Å². The molecule has 3 heteroatoms. The van der Waals surface area contributed by atoms with Crippen molar-refractivity contribution in [2.24, 2.45) is 0 Å². The van der Waals surface area contributed by atoms with Crippen LogP contribution in [0.25, 0.3) is 0 Å². The number of imidazole rings is 1. The first-order valence-corrected chi connectivity index (χ1v) is 4.06. The number of hydrogen-bond acceptors (Lipinski definition) is 1. The van der Waals surface area contributed by atoms with Crippen molar-refractivity contribution in [3.8, 4) is 0 Å². The summed E-state index contributed by atoms with van der Waals surface area (Å²) in [7, 11) is 0. The topological polar surface area (TPSA) is 48.6 Å². The summed E-state index contributed by atoms with van der Waals surface area (Å²) in [5.74, 6) is 0.619. The second kappa shape index (κ2) is 2.26. The van der Waals surface area contributed by atoms with Gasteiger partial charge in [0.05, 0.1) is 0 Å². The molecule has 0 radical (unpaired) electrons. The summed E-state index contributed by atoms with van der Waals surface area (Å²) in [4.78, 5) is 16.4. The number of nitrogens with one attached hydrogen (secondary N) is 2. The van der Waals surface area contributed by atoms with E-state index in [0.717, 1.165) is 11.4 Å². The zero-order chi connectivity index (χ0) is 7.84. The van der Waals surface area contributed by atoms with Crippen LogP contribution in [0.5, 0.6) is 0 Å². The highest BCUT2D eigenvalue weighted by Gasteiger charge is 2.22. The summed E-state index contributed by atoms with van der Waals surface area (Å²) in [6.07, 6.45) is 3.76. The third kappa shape index (κ3) is 1.00. The van der Waals surface area contributed by atoms with Gasteiger partial charge in [-0.05, 0) is 19.8 Å². The Bertz CT molecular complexity index is 306. The number of aryl methyl sites for hydroxylation is 1. The second-order valence-electron chi connectivity index (χ2n) is 3.25. The smallest absolute Gasteiger partial charge is 0.310 e. The molecule has 0 amide bonds. The maximum Gasteiger partial charge on any atom is 0.323 e. The molecule has 3 nitrogen and oxygen atoms in total. The minimum Gasteiger partial charge on any atom is -0.310 e. The highest BCUT2D eigenvalue weighted by molar-refractivity contribution is 5.16. The third-order valence-corrected chi connectivity index (χ3v) is 2.47. The Balaban J connectivity index is 2.35. The van der Waals surface area contributed by atoms with Crippen molar-refractivity contribution in [3.05, 3.63) is 21.9 Å². The van der Waals surface area contributed by atoms with E-state index in [1.165, 1.54) is 19.3 Å². The van der Waals surface area contributed by atoms with Crippen LogP contribution in [0.1, 0.15) is 36.6 Å². The summed E-state index contributed by atoms with van der Waals surface area (Å²) < 4.78 is 0. The van der Waals surface area contributed by atoms with Crippen molar-refractivity contribution in [1.29, 1.82) is 0 Å². The summed E-state index contributed by atoms with van der Waals surface area (Å²) in [6.45, 7) is 1.95. The molecule has 1 fully saturated rings. The highest BCUT2D eigenvalue weighted by atomic mass is 16.1. The molecule has 1 saturated carbocycles. The molecule has 0 spiro atoms. The van der Waals surface area contributed by atoms with E-state index in [1.807, 2.05) is 6.92 Å². The average Bonchev–Trinajstić information content (AvgIpc) is 2.07. The van der Waals surface area contributed by atoms with Crippen molar-refractivity contribution in [3.63, 3.8) is 0 Å². The molecule has 1 heterocycles. The normalized spacial score (nSPS) is 18.3. The van der Waals surface area contributed by atoms with E-state index in [9.17, 15) is 4.79 Å². The minimum absolute atomic E-state index is 0.0654. The van der Waals surface area contributed by atoms with Crippen molar-refractivity contribution in [2.75, 3.05) is 0 Å². The van der Waals surface area contributed by atoms with Gasteiger partial charge in [0.2, 0.25) is 0 Å². The van der Waals surface area contributed by atoms with Crippen LogP contribution < -0.4 is 5.69 Å². The summed E-state index contributed by atoms with van der Waals surface area (Å²) >= 11 is 0. The number of aromatic nitrogens is 2. The first-order valence-electron chi connectivity index (χ1n) is 4.06. The quantitative estimate of drug-likeness (QED) is 0.625. The Morgan fingerprint density at radius 2 is 2.09 bits per heavy atom. The Kier molecular flexibility index (Phi) is 1.37. The lowest BCUT2D eigenvalue weighted by molar-refractivity contribution is 0.410. The molecule has 0 atom stereocenters. The van der Waals surface area contributed by atoms with Crippen molar-refractivity contribution < 1.29 is 0 Å². The van der Waals surface area contributed by atoms with Crippen LogP contribution in [0.4, 0.5) is 0 Å². The molecule has 0 aromatic carbocycles. The van der Waals surface area contributed by atoms with Gasteiger partial charge < -0.3 is 9.97 Å². The van der Waals surface area contributed by atoms with E-state index in [2.05, 4.69) is 9.97 Å². The van der Waals surface area contributed by atoms with Gasteiger partial charge in [-0.1, -0.05) is 6.42 Å². The molecular weight excluding hydrogens is 140 g/mol. The molecule has 1 aromatic rings. The molecule has 0 saturated heterocycles. The Morgan fingerprint density at radius 1 is 1.36 bits per heavy atom. The van der Waals surface area contributed by atoms with Gasteiger partial charge in [-0.2, -0.15) is 0 Å². The number of H-pyrrole nitrogens is 2. The van der Waals surface area contributed by atoms with Crippen LogP contribution in [0.15, 0.2) is 4.79 Å². The lowest BCUT2D eigenvalue weighted by Gasteiger charge is -2.24. The van der Waals surface area contributed by atoms with Gasteiger partial charge in [-0.3, -0.25) is 0 Å². The Morgan fingerprint density at radius 3 is 2.45 bits per heavy atom. The van der Waals surface area contributed by atoms with E-state index >= 15 is 0 Å². The van der Waals surface area contributed by atoms with Gasteiger partial charge in [0, 0.05) is 17.3 Å². The number of rotatable bonds is 1. The number of hydrogen-bond donors (Lipinski definition) is 2. The summed E-state index contributed by atoms with van der Waals surface area (Å²) in [6, 6.07) is 0. The van der Waals surface area contributed by atoms with Gasteiger partial charge in [-0.15, -0.1) is 0 Å². The number of aromatic amines is 2. The Labute approximate surface area is 64.8 Å². The SMILES string of the molecule is Cc1[nH]c(=O)[nH]c1C1CCC1. The molecule has 2 rings (SSSR count). The maximum atomic E-state index is 10.8. The fourth-order valence-electron chi connectivity index (χ4n) is 1.59. The van der Waals surface area contributed by atoms with Gasteiger partial charge >= 0.3 is 5.69 Å². The fraction of sp³-hybridized carbons (Fsp3) is 0.625. The van der Waals surface area contributed by atoms with Crippen LogP contribution in [-0.2, 0) is 0 Å². The van der Waals surface area contributed by atoms with E-state index in [-0.39, 0.29) is 5.69 Å². The van der Waals surface area contributed by atoms with E-state index in [4.69, 9.17) is 0 Å². The molecule has 0 bridgehead atoms. The third-order valence-electron chi connectivity index (χ3n) is 2.47. The predicted molar refractivity (Wildman–Crippen MR) is 42.7 cm³/mol. The van der Waals surface area contributed by atoms with Crippen LogP contribution in [0.3, 0.4) is 0 Å². The van der Waals surface area contributed by atoms with Crippen LogP contribution in [0, 0.1) is 6.92 Å². The fourth-order valence-corrected chi connectivity index (χ4v) is 1.59. The van der Waals surface area contributed by atoms with Crippen LogP contribution in [-0.4, -0.2) is 9.97 Å². The standard InChI is InChI=1S/C8H12N2O/c1-5-7(6-3-2-4-6)10-8(11)9-5/h6H,2-4H2,1H3,(H2,9,10,11). The predicted octanol–water partition coefficient (Wildman–Crippen LogP) is 1.28. The summed E-state index contributed by atoms with van der Waals surface area (Å²) in [5.41, 5.74) is 2.07. The summed E-state index contributed by atoms with van der Waals surface area (Å²) in [5, 5.41) is 0. The van der Waals surface area contributed by atoms with E-state index in [1.54, 1.807) is 0 Å². The molecule has 1 aliphatic rings. The average molecular weight is 152 g/mol. The van der Waals surface area contributed by atoms with E-state index < -0.39 is 0 Å². The second-order valence-corrected chi connectivity index (χ2v) is 3.25. The highest BCUT2D eigenvalue weighted by Crippen LogP contribution is 2.35. The molecule has 11 heavy (non-hydrogen) atoms. The molecule has 60 valence electrons. The van der Waals surface area contributed by atoms with Crippen molar-refractivity contribution in [2.45, 2.75) is 32.1 Å². The molecule has 1 aliphatic carbocycles. The molecule has 0 unspecified atom stereocenters. The van der Waals surface area contributed by atoms with Gasteiger partial charge in [0.1, 0.15) is 0 Å². The van der Waals surface area contributed by atoms with Crippen LogP contribution >= 0.6 is 0 Å². The molecule has 0 aliphatic heterocycles. The van der Waals surface area contributed by atoms with Gasteiger partial charge in [0.15, 0.2) is 0 Å². The molecule has 1 aromatic heterocycles. The van der Waals surface area contributed by atoms with Gasteiger partial charge in [0.25, 0.3) is 0 Å². The van der Waals surface area contributed by atoms with Crippen molar-refractivity contribution >= 4 is 0 Å².